The Hall–Kier alpha value is -1.87. The molecular weight excluding hydrogens is 252 g/mol. The lowest BCUT2D eigenvalue weighted by Gasteiger charge is -2.10. The van der Waals surface area contributed by atoms with Gasteiger partial charge in [-0.15, -0.1) is 0 Å². The molecule has 1 atom stereocenters. The summed E-state index contributed by atoms with van der Waals surface area (Å²) in [4.78, 5) is 11.5. The van der Waals surface area contributed by atoms with Crippen molar-refractivity contribution in [2.24, 2.45) is 5.92 Å². The molecule has 2 aromatic rings. The van der Waals surface area contributed by atoms with E-state index in [1.54, 1.807) is 0 Å². The van der Waals surface area contributed by atoms with Gasteiger partial charge in [0.05, 0.1) is 12.5 Å². The van der Waals surface area contributed by atoms with Gasteiger partial charge in [-0.1, -0.05) is 50.2 Å². The van der Waals surface area contributed by atoms with Crippen molar-refractivity contribution in [3.8, 4) is 0 Å². The van der Waals surface area contributed by atoms with Crippen molar-refractivity contribution in [1.82, 2.24) is 0 Å². The summed E-state index contributed by atoms with van der Waals surface area (Å²) in [7, 11) is 0. The predicted molar refractivity (Wildman–Crippen MR) is 79.2 cm³/mol. The largest absolute Gasteiger partial charge is 0.438 e. The van der Waals surface area contributed by atoms with Crippen LogP contribution in [-0.2, 0) is 20.9 Å². The van der Waals surface area contributed by atoms with Gasteiger partial charge in [-0.25, -0.2) is 0 Å². The van der Waals surface area contributed by atoms with Crippen LogP contribution >= 0.6 is 0 Å². The summed E-state index contributed by atoms with van der Waals surface area (Å²) in [6, 6.07) is 14.4. The van der Waals surface area contributed by atoms with E-state index in [4.69, 9.17) is 9.47 Å². The fourth-order valence-corrected chi connectivity index (χ4v) is 1.90. The molecule has 0 aliphatic carbocycles. The highest BCUT2D eigenvalue weighted by Gasteiger charge is 2.11. The van der Waals surface area contributed by atoms with E-state index < -0.39 is 0 Å². The second kappa shape index (κ2) is 7.06. The predicted octanol–water partition coefficient (Wildman–Crippen LogP) is 3.90. The first-order valence-corrected chi connectivity index (χ1v) is 6.92. The molecule has 0 radical (unpaired) electrons. The summed E-state index contributed by atoms with van der Waals surface area (Å²) in [5.74, 6) is -0.273. The van der Waals surface area contributed by atoms with Gasteiger partial charge in [0, 0.05) is 0 Å². The maximum Gasteiger partial charge on any atom is 0.310 e. The number of carbonyl (C=O) groups excluding carboxylic acids is 1. The molecule has 0 fully saturated rings. The van der Waals surface area contributed by atoms with Crippen LogP contribution in [0.4, 0.5) is 0 Å². The molecule has 20 heavy (non-hydrogen) atoms. The van der Waals surface area contributed by atoms with E-state index in [9.17, 15) is 4.79 Å². The molecule has 0 saturated heterocycles. The minimum absolute atomic E-state index is 0.00992. The number of hydrogen-bond acceptors (Lipinski definition) is 3. The Balaban J connectivity index is 1.82. The Morgan fingerprint density at radius 1 is 1.15 bits per heavy atom. The lowest BCUT2D eigenvalue weighted by Crippen LogP contribution is -2.15. The molecule has 3 nitrogen and oxygen atoms in total. The van der Waals surface area contributed by atoms with Gasteiger partial charge in [-0.3, -0.25) is 4.79 Å². The third-order valence-electron chi connectivity index (χ3n) is 3.38. The quantitative estimate of drug-likeness (QED) is 0.454. The molecule has 3 heteroatoms. The fraction of sp³-hybridized carbons (Fsp3) is 0.353. The molecule has 0 amide bonds. The van der Waals surface area contributed by atoms with Crippen molar-refractivity contribution in [2.45, 2.75) is 26.9 Å². The molecule has 106 valence electrons. The molecule has 0 aromatic heterocycles. The third-order valence-corrected chi connectivity index (χ3v) is 3.38. The highest BCUT2D eigenvalue weighted by atomic mass is 16.7. The van der Waals surface area contributed by atoms with Gasteiger partial charge in [-0.05, 0) is 28.8 Å². The van der Waals surface area contributed by atoms with Crippen LogP contribution in [0.5, 0.6) is 0 Å². The minimum atomic E-state index is -0.203. The zero-order valence-corrected chi connectivity index (χ0v) is 12.0. The first-order valence-electron chi connectivity index (χ1n) is 6.92. The first-order chi connectivity index (χ1) is 9.70. The number of hydrogen-bond donors (Lipinski definition) is 0. The molecule has 0 spiro atoms. The summed E-state index contributed by atoms with van der Waals surface area (Å²) < 4.78 is 10.4. The minimum Gasteiger partial charge on any atom is -0.438 e. The molecule has 0 aliphatic rings. The number of esters is 1. The fourth-order valence-electron chi connectivity index (χ4n) is 1.90. The lowest BCUT2D eigenvalue weighted by atomic mass is 10.1. The van der Waals surface area contributed by atoms with E-state index in [0.717, 1.165) is 12.0 Å². The number of carbonyl (C=O) groups is 1. The SMILES string of the molecule is CCC(C)C(=O)OCOCc1ccc2ccccc2c1. The van der Waals surface area contributed by atoms with Crippen molar-refractivity contribution in [1.29, 1.82) is 0 Å². The van der Waals surface area contributed by atoms with Crippen LogP contribution in [0.3, 0.4) is 0 Å². The van der Waals surface area contributed by atoms with Gasteiger partial charge in [-0.2, -0.15) is 0 Å². The number of benzene rings is 2. The summed E-state index contributed by atoms with van der Waals surface area (Å²) in [6.07, 6.45) is 0.781. The molecule has 1 unspecified atom stereocenters. The average molecular weight is 272 g/mol. The molecule has 0 N–H and O–H groups in total. The van der Waals surface area contributed by atoms with E-state index in [2.05, 4.69) is 24.3 Å². The maximum atomic E-state index is 11.5. The summed E-state index contributed by atoms with van der Waals surface area (Å²) in [5, 5.41) is 2.39. The number of fused-ring (bicyclic) bond motifs is 1. The van der Waals surface area contributed by atoms with Gasteiger partial charge < -0.3 is 9.47 Å². The standard InChI is InChI=1S/C17H20O3/c1-3-13(2)17(18)20-12-19-11-14-8-9-15-6-4-5-7-16(15)10-14/h4-10,13H,3,11-12H2,1-2H3. The zero-order valence-electron chi connectivity index (χ0n) is 12.0. The molecule has 0 bridgehead atoms. The number of ether oxygens (including phenoxy) is 2. The van der Waals surface area contributed by atoms with E-state index >= 15 is 0 Å². The average Bonchev–Trinajstić information content (AvgIpc) is 2.50. The van der Waals surface area contributed by atoms with Gasteiger partial charge in [0.25, 0.3) is 0 Å². The summed E-state index contributed by atoms with van der Waals surface area (Å²) in [5.41, 5.74) is 1.07. The Bertz CT molecular complexity index is 577. The van der Waals surface area contributed by atoms with Gasteiger partial charge in [0.1, 0.15) is 0 Å². The van der Waals surface area contributed by atoms with Gasteiger partial charge >= 0.3 is 5.97 Å². The molecule has 0 aliphatic heterocycles. The first kappa shape index (κ1) is 14.5. The highest BCUT2D eigenvalue weighted by Crippen LogP contribution is 2.16. The van der Waals surface area contributed by atoms with Crippen LogP contribution in [0, 0.1) is 5.92 Å². The van der Waals surface area contributed by atoms with Gasteiger partial charge in [0.15, 0.2) is 6.79 Å². The van der Waals surface area contributed by atoms with Crippen LogP contribution in [0.15, 0.2) is 42.5 Å². The van der Waals surface area contributed by atoms with E-state index in [-0.39, 0.29) is 18.7 Å². The molecule has 2 rings (SSSR count). The number of rotatable bonds is 6. The van der Waals surface area contributed by atoms with E-state index in [1.165, 1.54) is 10.8 Å². The van der Waals surface area contributed by atoms with Crippen LogP contribution in [-0.4, -0.2) is 12.8 Å². The van der Waals surface area contributed by atoms with Crippen molar-refractivity contribution in [3.05, 3.63) is 48.0 Å². The topological polar surface area (TPSA) is 35.5 Å². The Morgan fingerprint density at radius 2 is 1.90 bits per heavy atom. The second-order valence-electron chi connectivity index (χ2n) is 4.92. The normalized spacial score (nSPS) is 12.3. The maximum absolute atomic E-state index is 11.5. The van der Waals surface area contributed by atoms with Crippen molar-refractivity contribution in [2.75, 3.05) is 6.79 Å². The highest BCUT2D eigenvalue weighted by molar-refractivity contribution is 5.82. The monoisotopic (exact) mass is 272 g/mol. The second-order valence-corrected chi connectivity index (χ2v) is 4.92. The van der Waals surface area contributed by atoms with E-state index in [0.29, 0.717) is 6.61 Å². The van der Waals surface area contributed by atoms with Crippen LogP contribution < -0.4 is 0 Å². The Labute approximate surface area is 119 Å². The summed E-state index contributed by atoms with van der Waals surface area (Å²) in [6.45, 7) is 4.27. The Morgan fingerprint density at radius 3 is 2.65 bits per heavy atom. The Kier molecular flexibility index (Phi) is 5.13. The lowest BCUT2D eigenvalue weighted by molar-refractivity contribution is -0.161. The zero-order chi connectivity index (χ0) is 14.4. The van der Waals surface area contributed by atoms with Crippen LogP contribution in [0.2, 0.25) is 0 Å². The van der Waals surface area contributed by atoms with E-state index in [1.807, 2.05) is 32.0 Å². The van der Waals surface area contributed by atoms with Crippen molar-refractivity contribution < 1.29 is 14.3 Å². The molecule has 2 aromatic carbocycles. The molecule has 0 heterocycles. The van der Waals surface area contributed by atoms with Crippen molar-refractivity contribution >= 4 is 16.7 Å². The van der Waals surface area contributed by atoms with Crippen LogP contribution in [0.1, 0.15) is 25.8 Å². The third kappa shape index (κ3) is 3.81. The van der Waals surface area contributed by atoms with Crippen molar-refractivity contribution in [3.63, 3.8) is 0 Å². The molecular formula is C17H20O3. The molecule has 0 saturated carbocycles. The van der Waals surface area contributed by atoms with Gasteiger partial charge in [0.2, 0.25) is 0 Å². The van der Waals surface area contributed by atoms with Crippen LogP contribution in [0.25, 0.3) is 10.8 Å². The summed E-state index contributed by atoms with van der Waals surface area (Å²) >= 11 is 0. The smallest absolute Gasteiger partial charge is 0.310 e.